The lowest BCUT2D eigenvalue weighted by Gasteiger charge is -2.42. The number of hydrogen-bond donors (Lipinski definition) is 1. The van der Waals surface area contributed by atoms with Crippen LogP contribution in [0.4, 0.5) is 0 Å². The number of hydrogen-bond acceptors (Lipinski definition) is 4. The monoisotopic (exact) mass is 294 g/mol. The van der Waals surface area contributed by atoms with E-state index in [1.165, 1.54) is 0 Å². The second kappa shape index (κ2) is 8.74. The molecule has 2 N–H and O–H groups in total. The Hall–Kier alpha value is -0.360. The number of likely N-dealkylation sites (tertiary alicyclic amines) is 1. The summed E-state index contributed by atoms with van der Waals surface area (Å²) in [4.78, 5) is 13.8. The molecule has 0 aromatic heterocycles. The molecule has 1 heterocycles. The number of halogens is 1. The number of rotatable bonds is 6. The van der Waals surface area contributed by atoms with Crippen molar-refractivity contribution in [3.8, 4) is 0 Å². The molecular weight excluding hydrogens is 268 g/mol. The highest BCUT2D eigenvalue weighted by Crippen LogP contribution is 2.27. The van der Waals surface area contributed by atoms with Gasteiger partial charge in [0, 0.05) is 25.7 Å². The van der Waals surface area contributed by atoms with Gasteiger partial charge in [-0.25, -0.2) is 0 Å². The Morgan fingerprint density at radius 1 is 1.37 bits per heavy atom. The predicted octanol–water partition coefficient (Wildman–Crippen LogP) is 1.05. The fourth-order valence-electron chi connectivity index (χ4n) is 2.10. The second-order valence-corrected chi connectivity index (χ2v) is 5.45. The van der Waals surface area contributed by atoms with Gasteiger partial charge in [0.25, 0.3) is 0 Å². The molecule has 0 bridgehead atoms. The van der Waals surface area contributed by atoms with Gasteiger partial charge in [-0.1, -0.05) is 13.8 Å². The smallest absolute Gasteiger partial charge is 0.248 e. The van der Waals surface area contributed by atoms with E-state index in [0.717, 1.165) is 13.0 Å². The maximum Gasteiger partial charge on any atom is 0.248 e. The standard InChI is InChI=1S/C13H26N2O3.ClH/c1-4-17-7-8-18-9-12(16)15-6-5-11(14)13(2,3)10-15;/h11H,4-10,14H2,1-3H3;1H. The van der Waals surface area contributed by atoms with Crippen molar-refractivity contribution in [2.45, 2.75) is 33.2 Å². The van der Waals surface area contributed by atoms with Crippen LogP contribution < -0.4 is 5.73 Å². The van der Waals surface area contributed by atoms with Gasteiger partial charge in [-0.2, -0.15) is 0 Å². The lowest BCUT2D eigenvalue weighted by atomic mass is 9.80. The number of ether oxygens (including phenoxy) is 2. The molecule has 1 atom stereocenters. The summed E-state index contributed by atoms with van der Waals surface area (Å²) in [6.45, 7) is 9.41. The van der Waals surface area contributed by atoms with E-state index in [1.54, 1.807) is 0 Å². The van der Waals surface area contributed by atoms with Gasteiger partial charge in [-0.05, 0) is 18.8 Å². The van der Waals surface area contributed by atoms with E-state index >= 15 is 0 Å². The van der Waals surface area contributed by atoms with Gasteiger partial charge in [0.05, 0.1) is 13.2 Å². The largest absolute Gasteiger partial charge is 0.379 e. The predicted molar refractivity (Wildman–Crippen MR) is 77.5 cm³/mol. The van der Waals surface area contributed by atoms with Gasteiger partial charge in [0.1, 0.15) is 6.61 Å². The fourth-order valence-corrected chi connectivity index (χ4v) is 2.10. The summed E-state index contributed by atoms with van der Waals surface area (Å²) in [5, 5.41) is 0. The van der Waals surface area contributed by atoms with Crippen LogP contribution in [0.5, 0.6) is 0 Å². The third-order valence-corrected chi connectivity index (χ3v) is 3.47. The minimum absolute atomic E-state index is 0. The van der Waals surface area contributed by atoms with E-state index in [4.69, 9.17) is 15.2 Å². The number of piperidine rings is 1. The average molecular weight is 295 g/mol. The van der Waals surface area contributed by atoms with Crippen molar-refractivity contribution in [2.75, 3.05) is 39.5 Å². The van der Waals surface area contributed by atoms with Crippen molar-refractivity contribution in [1.82, 2.24) is 4.90 Å². The first kappa shape index (κ1) is 18.6. The second-order valence-electron chi connectivity index (χ2n) is 5.45. The van der Waals surface area contributed by atoms with Gasteiger partial charge >= 0.3 is 0 Å². The molecule has 0 aromatic rings. The maximum atomic E-state index is 11.9. The van der Waals surface area contributed by atoms with Gasteiger partial charge in [0.2, 0.25) is 5.91 Å². The Bertz CT molecular complexity index is 275. The van der Waals surface area contributed by atoms with Gasteiger partial charge in [-0.15, -0.1) is 12.4 Å². The van der Waals surface area contributed by atoms with Crippen LogP contribution in [-0.2, 0) is 14.3 Å². The zero-order chi connectivity index (χ0) is 13.6. The Kier molecular flexibility index (Phi) is 8.57. The first-order valence-corrected chi connectivity index (χ1v) is 6.66. The number of nitrogens with zero attached hydrogens (tertiary/aromatic N) is 1. The van der Waals surface area contributed by atoms with E-state index < -0.39 is 0 Å². The highest BCUT2D eigenvalue weighted by Gasteiger charge is 2.35. The summed E-state index contributed by atoms with van der Waals surface area (Å²) < 4.78 is 10.4. The Labute approximate surface area is 122 Å². The first-order valence-electron chi connectivity index (χ1n) is 6.66. The Balaban J connectivity index is 0.00000324. The molecule has 19 heavy (non-hydrogen) atoms. The molecule has 1 aliphatic rings. The molecular formula is C13H27ClN2O3. The molecule has 1 rings (SSSR count). The van der Waals surface area contributed by atoms with E-state index in [9.17, 15) is 4.79 Å². The van der Waals surface area contributed by atoms with Gasteiger partial charge in [-0.3, -0.25) is 4.79 Å². The van der Waals surface area contributed by atoms with Crippen molar-refractivity contribution < 1.29 is 14.3 Å². The molecule has 0 radical (unpaired) electrons. The third kappa shape index (κ3) is 6.08. The van der Waals surface area contributed by atoms with Crippen LogP contribution >= 0.6 is 12.4 Å². The molecule has 0 aliphatic carbocycles. The van der Waals surface area contributed by atoms with Crippen LogP contribution in [-0.4, -0.2) is 56.4 Å². The SMILES string of the molecule is CCOCCOCC(=O)N1CCC(N)C(C)(C)C1.Cl. The summed E-state index contributed by atoms with van der Waals surface area (Å²) in [6, 6.07) is 0.167. The number of carbonyl (C=O) groups excluding carboxylic acids is 1. The number of amides is 1. The fraction of sp³-hybridized carbons (Fsp3) is 0.923. The molecule has 1 fully saturated rings. The van der Waals surface area contributed by atoms with Crippen LogP contribution in [0.25, 0.3) is 0 Å². The zero-order valence-electron chi connectivity index (χ0n) is 12.2. The summed E-state index contributed by atoms with van der Waals surface area (Å²) in [6.07, 6.45) is 0.859. The minimum Gasteiger partial charge on any atom is -0.379 e. The molecule has 5 nitrogen and oxygen atoms in total. The topological polar surface area (TPSA) is 64.8 Å². The van der Waals surface area contributed by atoms with Crippen molar-refractivity contribution in [2.24, 2.45) is 11.1 Å². The van der Waals surface area contributed by atoms with E-state index in [0.29, 0.717) is 26.4 Å². The Morgan fingerprint density at radius 2 is 2.00 bits per heavy atom. The summed E-state index contributed by atoms with van der Waals surface area (Å²) in [5.74, 6) is 0.0477. The van der Waals surface area contributed by atoms with Crippen LogP contribution in [0.2, 0.25) is 0 Å². The van der Waals surface area contributed by atoms with Crippen LogP contribution in [0, 0.1) is 5.41 Å². The lowest BCUT2D eigenvalue weighted by molar-refractivity contribution is -0.140. The van der Waals surface area contributed by atoms with Crippen LogP contribution in [0.15, 0.2) is 0 Å². The molecule has 0 aromatic carbocycles. The summed E-state index contributed by atoms with van der Waals surface area (Å²) >= 11 is 0. The molecule has 6 heteroatoms. The zero-order valence-corrected chi connectivity index (χ0v) is 13.0. The molecule has 0 saturated carbocycles. The average Bonchev–Trinajstić information content (AvgIpc) is 2.32. The Morgan fingerprint density at radius 3 is 2.58 bits per heavy atom. The van der Waals surface area contributed by atoms with Crippen LogP contribution in [0.3, 0.4) is 0 Å². The highest BCUT2D eigenvalue weighted by atomic mass is 35.5. The van der Waals surface area contributed by atoms with Crippen molar-refractivity contribution in [3.63, 3.8) is 0 Å². The number of carbonyl (C=O) groups is 1. The normalized spacial score (nSPS) is 21.9. The van der Waals surface area contributed by atoms with Crippen LogP contribution in [0.1, 0.15) is 27.2 Å². The van der Waals surface area contributed by atoms with Crippen molar-refractivity contribution in [3.05, 3.63) is 0 Å². The summed E-state index contributed by atoms with van der Waals surface area (Å²) in [5.41, 5.74) is 6.03. The van der Waals surface area contributed by atoms with E-state index in [1.807, 2.05) is 11.8 Å². The maximum absolute atomic E-state index is 11.9. The molecule has 1 aliphatic heterocycles. The first-order chi connectivity index (χ1) is 8.47. The molecule has 1 amide bonds. The quantitative estimate of drug-likeness (QED) is 0.744. The van der Waals surface area contributed by atoms with Gasteiger partial charge in [0.15, 0.2) is 0 Å². The van der Waals surface area contributed by atoms with E-state index in [2.05, 4.69) is 13.8 Å². The van der Waals surface area contributed by atoms with Gasteiger partial charge < -0.3 is 20.1 Å². The molecule has 1 saturated heterocycles. The van der Waals surface area contributed by atoms with Crippen molar-refractivity contribution in [1.29, 1.82) is 0 Å². The van der Waals surface area contributed by atoms with Crippen molar-refractivity contribution >= 4 is 18.3 Å². The minimum atomic E-state index is -0.0147. The third-order valence-electron chi connectivity index (χ3n) is 3.47. The summed E-state index contributed by atoms with van der Waals surface area (Å²) in [7, 11) is 0. The highest BCUT2D eigenvalue weighted by molar-refractivity contribution is 5.85. The number of nitrogens with two attached hydrogens (primary N) is 1. The molecule has 1 unspecified atom stereocenters. The van der Waals surface area contributed by atoms with E-state index in [-0.39, 0.29) is 36.4 Å². The lowest BCUT2D eigenvalue weighted by Crippen LogP contribution is -2.54. The molecule has 0 spiro atoms. The molecule has 114 valence electrons.